The molecule has 0 N–H and O–H groups in total. The van der Waals surface area contributed by atoms with Gasteiger partial charge in [-0.05, 0) is 6.07 Å². The van der Waals surface area contributed by atoms with Crippen molar-refractivity contribution in [3.63, 3.8) is 0 Å². The molecule has 2 aromatic rings. The first-order chi connectivity index (χ1) is 9.61. The van der Waals surface area contributed by atoms with E-state index in [1.165, 1.54) is 6.08 Å². The molecule has 0 amide bonds. The van der Waals surface area contributed by atoms with E-state index < -0.39 is 0 Å². The number of hydrogen-bond acceptors (Lipinski definition) is 4. The lowest BCUT2D eigenvalue weighted by molar-refractivity contribution is 0.104. The Balaban J connectivity index is 2.30. The number of nitriles is 1. The first-order valence-corrected chi connectivity index (χ1v) is 6.10. The minimum absolute atomic E-state index is 0.0517. The Bertz CT molecular complexity index is 676. The molecular weight excluding hydrogens is 252 g/mol. The summed E-state index contributed by atoms with van der Waals surface area (Å²) in [6.07, 6.45) is 1.46. The molecule has 0 radical (unpaired) electrons. The zero-order valence-corrected chi connectivity index (χ0v) is 11.3. The maximum atomic E-state index is 12.2. The standard InChI is InChI=1S/C16H14N2O2/c1-18(2)15-9-8-14(20-15)10-13(11-17)16(19)12-6-4-3-5-7-12/h3-10H,1-2H3/b13-10+. The Labute approximate surface area is 117 Å². The van der Waals surface area contributed by atoms with Gasteiger partial charge in [-0.2, -0.15) is 5.26 Å². The molecule has 100 valence electrons. The van der Waals surface area contributed by atoms with Gasteiger partial charge >= 0.3 is 0 Å². The fraction of sp³-hybridized carbons (Fsp3) is 0.125. The SMILES string of the molecule is CN(C)c1ccc(/C=C(\C#N)C(=O)c2ccccc2)o1. The number of ketones is 1. The number of allylic oxidation sites excluding steroid dienone is 1. The lowest BCUT2D eigenvalue weighted by Crippen LogP contribution is -2.06. The van der Waals surface area contributed by atoms with Gasteiger partial charge in [-0.3, -0.25) is 4.79 Å². The van der Waals surface area contributed by atoms with Crippen LogP contribution in [0.25, 0.3) is 6.08 Å². The van der Waals surface area contributed by atoms with E-state index in [-0.39, 0.29) is 11.4 Å². The lowest BCUT2D eigenvalue weighted by Gasteiger charge is -2.05. The summed E-state index contributed by atoms with van der Waals surface area (Å²) in [4.78, 5) is 14.0. The zero-order chi connectivity index (χ0) is 14.5. The van der Waals surface area contributed by atoms with Crippen molar-refractivity contribution in [2.24, 2.45) is 0 Å². The van der Waals surface area contributed by atoms with Crippen LogP contribution < -0.4 is 4.90 Å². The van der Waals surface area contributed by atoms with E-state index >= 15 is 0 Å². The van der Waals surface area contributed by atoms with Crippen LogP contribution in [0.3, 0.4) is 0 Å². The van der Waals surface area contributed by atoms with Crippen LogP contribution in [0, 0.1) is 11.3 Å². The third-order valence-electron chi connectivity index (χ3n) is 2.74. The fourth-order valence-corrected chi connectivity index (χ4v) is 1.70. The minimum Gasteiger partial charge on any atom is -0.441 e. The molecule has 4 nitrogen and oxygen atoms in total. The van der Waals surface area contributed by atoms with Crippen LogP contribution >= 0.6 is 0 Å². The van der Waals surface area contributed by atoms with E-state index in [1.54, 1.807) is 36.4 Å². The van der Waals surface area contributed by atoms with Gasteiger partial charge in [-0.15, -0.1) is 0 Å². The maximum Gasteiger partial charge on any atom is 0.203 e. The van der Waals surface area contributed by atoms with E-state index in [0.717, 1.165) is 0 Å². The second kappa shape index (κ2) is 5.89. The topological polar surface area (TPSA) is 57.2 Å². The fourth-order valence-electron chi connectivity index (χ4n) is 1.70. The summed E-state index contributed by atoms with van der Waals surface area (Å²) < 4.78 is 5.51. The molecule has 0 aliphatic heterocycles. The highest BCUT2D eigenvalue weighted by molar-refractivity contribution is 6.13. The number of Topliss-reactive ketones (excluding diaryl/α,β-unsaturated/α-hetero) is 1. The van der Waals surface area contributed by atoms with Gasteiger partial charge in [-0.25, -0.2) is 0 Å². The van der Waals surface area contributed by atoms with Crippen molar-refractivity contribution in [3.05, 3.63) is 59.4 Å². The number of hydrogen-bond donors (Lipinski definition) is 0. The van der Waals surface area contributed by atoms with Crippen molar-refractivity contribution >= 4 is 17.7 Å². The van der Waals surface area contributed by atoms with Crippen molar-refractivity contribution in [2.75, 3.05) is 19.0 Å². The predicted molar refractivity (Wildman–Crippen MR) is 77.4 cm³/mol. The predicted octanol–water partition coefficient (Wildman–Crippen LogP) is 3.14. The summed E-state index contributed by atoms with van der Waals surface area (Å²) in [5, 5.41) is 9.14. The molecule has 0 bridgehead atoms. The van der Waals surface area contributed by atoms with Crippen LogP contribution in [-0.4, -0.2) is 19.9 Å². The van der Waals surface area contributed by atoms with E-state index in [4.69, 9.17) is 9.68 Å². The average Bonchev–Trinajstić information content (AvgIpc) is 2.94. The van der Waals surface area contributed by atoms with Crippen LogP contribution in [-0.2, 0) is 0 Å². The summed E-state index contributed by atoms with van der Waals surface area (Å²) in [6.45, 7) is 0. The summed E-state index contributed by atoms with van der Waals surface area (Å²) in [7, 11) is 3.71. The number of carbonyl (C=O) groups excluding carboxylic acids is 1. The Kier molecular flexibility index (Phi) is 4.02. The van der Waals surface area contributed by atoms with Crippen molar-refractivity contribution < 1.29 is 9.21 Å². The molecule has 0 unspecified atom stereocenters. The highest BCUT2D eigenvalue weighted by Crippen LogP contribution is 2.19. The molecule has 0 atom stereocenters. The third kappa shape index (κ3) is 2.96. The van der Waals surface area contributed by atoms with Gasteiger partial charge in [0.2, 0.25) is 5.78 Å². The van der Waals surface area contributed by atoms with E-state index in [2.05, 4.69) is 0 Å². The second-order valence-corrected chi connectivity index (χ2v) is 4.44. The lowest BCUT2D eigenvalue weighted by atomic mass is 10.0. The third-order valence-corrected chi connectivity index (χ3v) is 2.74. The molecule has 20 heavy (non-hydrogen) atoms. The van der Waals surface area contributed by atoms with E-state index in [0.29, 0.717) is 17.2 Å². The molecule has 2 rings (SSSR count). The van der Waals surface area contributed by atoms with Crippen molar-refractivity contribution in [1.82, 2.24) is 0 Å². The van der Waals surface area contributed by atoms with Gasteiger partial charge < -0.3 is 9.32 Å². The molecule has 1 aromatic carbocycles. The van der Waals surface area contributed by atoms with Crippen LogP contribution in [0.1, 0.15) is 16.1 Å². The molecule has 0 saturated carbocycles. The number of rotatable bonds is 4. The number of carbonyl (C=O) groups is 1. The molecule has 0 spiro atoms. The average molecular weight is 266 g/mol. The molecular formula is C16H14N2O2. The van der Waals surface area contributed by atoms with Gasteiger partial charge in [0.1, 0.15) is 17.4 Å². The Morgan fingerprint density at radius 3 is 2.45 bits per heavy atom. The Hall–Kier alpha value is -2.80. The smallest absolute Gasteiger partial charge is 0.203 e. The van der Waals surface area contributed by atoms with Crippen LogP contribution in [0.5, 0.6) is 0 Å². The van der Waals surface area contributed by atoms with E-state index in [9.17, 15) is 4.79 Å². The molecule has 0 aliphatic carbocycles. The highest BCUT2D eigenvalue weighted by atomic mass is 16.4. The van der Waals surface area contributed by atoms with Gasteiger partial charge in [0.25, 0.3) is 0 Å². The van der Waals surface area contributed by atoms with Crippen LogP contribution in [0.2, 0.25) is 0 Å². The normalized spacial score (nSPS) is 10.9. The highest BCUT2D eigenvalue weighted by Gasteiger charge is 2.12. The summed E-state index contributed by atoms with van der Waals surface area (Å²) in [5.41, 5.74) is 0.538. The monoisotopic (exact) mass is 266 g/mol. The van der Waals surface area contributed by atoms with Crippen molar-refractivity contribution in [2.45, 2.75) is 0 Å². The van der Waals surface area contributed by atoms with Gasteiger partial charge in [0.05, 0.1) is 0 Å². The summed E-state index contributed by atoms with van der Waals surface area (Å²) in [5.74, 6) is 0.839. The first kappa shape index (κ1) is 13.6. The Morgan fingerprint density at radius 2 is 1.90 bits per heavy atom. The molecule has 1 heterocycles. The maximum absolute atomic E-state index is 12.2. The molecule has 1 aromatic heterocycles. The van der Waals surface area contributed by atoms with Crippen molar-refractivity contribution in [1.29, 1.82) is 5.26 Å². The number of nitrogens with zero attached hydrogens (tertiary/aromatic N) is 2. The Morgan fingerprint density at radius 1 is 1.20 bits per heavy atom. The quantitative estimate of drug-likeness (QED) is 0.484. The van der Waals surface area contributed by atoms with Gasteiger partial charge in [-0.1, -0.05) is 30.3 Å². The molecule has 0 fully saturated rings. The van der Waals surface area contributed by atoms with Gasteiger partial charge in [0.15, 0.2) is 5.88 Å². The first-order valence-electron chi connectivity index (χ1n) is 6.10. The summed E-state index contributed by atoms with van der Waals surface area (Å²) >= 11 is 0. The second-order valence-electron chi connectivity index (χ2n) is 4.44. The molecule has 0 aliphatic rings. The number of furan rings is 1. The minimum atomic E-state index is -0.309. The van der Waals surface area contributed by atoms with Crippen molar-refractivity contribution in [3.8, 4) is 6.07 Å². The van der Waals surface area contributed by atoms with Crippen LogP contribution in [0.4, 0.5) is 5.88 Å². The molecule has 4 heteroatoms. The molecule has 0 saturated heterocycles. The number of benzene rings is 1. The van der Waals surface area contributed by atoms with Gasteiger partial charge in [0, 0.05) is 31.8 Å². The summed E-state index contributed by atoms with van der Waals surface area (Å²) in [6, 6.07) is 14.1. The van der Waals surface area contributed by atoms with Crippen LogP contribution in [0.15, 0.2) is 52.5 Å². The van der Waals surface area contributed by atoms with E-state index in [1.807, 2.05) is 31.1 Å². The zero-order valence-electron chi connectivity index (χ0n) is 11.3. The largest absolute Gasteiger partial charge is 0.441 e. The number of anilines is 1.